The summed E-state index contributed by atoms with van der Waals surface area (Å²) in [5.41, 5.74) is 9.84. The van der Waals surface area contributed by atoms with E-state index in [1.165, 1.54) is 0 Å². The molecule has 0 saturated carbocycles. The van der Waals surface area contributed by atoms with Gasteiger partial charge in [0.2, 0.25) is 0 Å². The zero-order valence-electron chi connectivity index (χ0n) is 16.3. The van der Waals surface area contributed by atoms with Gasteiger partial charge in [-0.05, 0) is 42.7 Å². The number of nitrogens with two attached hydrogens (primary N) is 1. The number of rotatable bonds is 5. The van der Waals surface area contributed by atoms with Crippen LogP contribution < -0.4 is 21.5 Å². The van der Waals surface area contributed by atoms with Crippen LogP contribution in [0.5, 0.6) is 0 Å². The topological polar surface area (TPSA) is 117 Å². The molecule has 4 heterocycles. The molecule has 0 aliphatic carbocycles. The lowest BCUT2D eigenvalue weighted by Gasteiger charge is -2.38. The summed E-state index contributed by atoms with van der Waals surface area (Å²) < 4.78 is 0. The Balaban J connectivity index is 1.62. The van der Waals surface area contributed by atoms with Gasteiger partial charge in [0.1, 0.15) is 5.69 Å². The van der Waals surface area contributed by atoms with Gasteiger partial charge in [-0.2, -0.15) is 0 Å². The second kappa shape index (κ2) is 8.00. The third-order valence-corrected chi connectivity index (χ3v) is 5.36. The van der Waals surface area contributed by atoms with E-state index >= 15 is 0 Å². The van der Waals surface area contributed by atoms with Gasteiger partial charge in [-0.1, -0.05) is 6.92 Å². The molecule has 1 aliphatic rings. The molecule has 150 valence electrons. The van der Waals surface area contributed by atoms with E-state index in [-0.39, 0.29) is 17.3 Å². The molecule has 1 saturated heterocycles. The monoisotopic (exact) mass is 392 g/mol. The Labute approximate surface area is 168 Å². The van der Waals surface area contributed by atoms with E-state index < -0.39 is 5.91 Å². The van der Waals surface area contributed by atoms with Crippen LogP contribution in [-0.4, -0.2) is 46.5 Å². The standard InChI is InChI=1S/C21H24N6O2/c1-2-14-9-17-18(26-21(14)29)8-13(11-25-17)7-16-12-23-5-6-27(16)15-3-4-24-19(10-15)20(22)28/h3-4,8-11,16,23H,2,5-7,12H2,1H3,(H2,22,28)(H,26,29). The number of nitrogens with one attached hydrogen (secondary N) is 2. The minimum Gasteiger partial charge on any atom is -0.366 e. The Bertz CT molecular complexity index is 1110. The van der Waals surface area contributed by atoms with Crippen molar-refractivity contribution in [2.24, 2.45) is 5.73 Å². The summed E-state index contributed by atoms with van der Waals surface area (Å²) in [5, 5.41) is 3.43. The van der Waals surface area contributed by atoms with Gasteiger partial charge < -0.3 is 20.9 Å². The van der Waals surface area contributed by atoms with Gasteiger partial charge in [-0.3, -0.25) is 19.6 Å². The number of fused-ring (bicyclic) bond motifs is 1. The average Bonchev–Trinajstić information content (AvgIpc) is 2.73. The van der Waals surface area contributed by atoms with Crippen molar-refractivity contribution in [2.45, 2.75) is 25.8 Å². The van der Waals surface area contributed by atoms with Crippen LogP contribution in [0.1, 0.15) is 28.5 Å². The SMILES string of the molecule is CCc1cc2ncc(CC3CNCCN3c3ccnc(C(N)=O)c3)cc2[nH]c1=O. The highest BCUT2D eigenvalue weighted by Gasteiger charge is 2.24. The molecule has 4 rings (SSSR count). The molecule has 29 heavy (non-hydrogen) atoms. The van der Waals surface area contributed by atoms with Gasteiger partial charge in [0, 0.05) is 49.3 Å². The fourth-order valence-electron chi connectivity index (χ4n) is 3.83. The number of anilines is 1. The molecule has 8 nitrogen and oxygen atoms in total. The van der Waals surface area contributed by atoms with Crippen molar-refractivity contribution >= 4 is 22.6 Å². The maximum absolute atomic E-state index is 12.1. The number of aryl methyl sites for hydroxylation is 1. The number of amides is 1. The van der Waals surface area contributed by atoms with Gasteiger partial charge in [0.05, 0.1) is 11.0 Å². The van der Waals surface area contributed by atoms with E-state index in [1.807, 2.05) is 31.3 Å². The van der Waals surface area contributed by atoms with Gasteiger partial charge in [-0.25, -0.2) is 0 Å². The molecule has 1 aliphatic heterocycles. The molecule has 1 amide bonds. The number of nitrogens with zero attached hydrogens (tertiary/aromatic N) is 3. The summed E-state index contributed by atoms with van der Waals surface area (Å²) >= 11 is 0. The summed E-state index contributed by atoms with van der Waals surface area (Å²) in [6, 6.07) is 7.66. The normalized spacial score (nSPS) is 16.9. The lowest BCUT2D eigenvalue weighted by molar-refractivity contribution is 0.0995. The maximum atomic E-state index is 12.1. The summed E-state index contributed by atoms with van der Waals surface area (Å²) in [5.74, 6) is -0.535. The summed E-state index contributed by atoms with van der Waals surface area (Å²) in [7, 11) is 0. The van der Waals surface area contributed by atoms with E-state index in [1.54, 1.807) is 12.3 Å². The molecular formula is C21H24N6O2. The Morgan fingerprint density at radius 3 is 2.97 bits per heavy atom. The van der Waals surface area contributed by atoms with Crippen molar-refractivity contribution in [1.82, 2.24) is 20.3 Å². The van der Waals surface area contributed by atoms with Gasteiger partial charge >= 0.3 is 0 Å². The highest BCUT2D eigenvalue weighted by molar-refractivity contribution is 5.91. The van der Waals surface area contributed by atoms with Crippen molar-refractivity contribution in [3.63, 3.8) is 0 Å². The Morgan fingerprint density at radius 1 is 1.31 bits per heavy atom. The van der Waals surface area contributed by atoms with Crippen molar-refractivity contribution in [3.05, 3.63) is 63.8 Å². The molecule has 3 aromatic heterocycles. The first-order valence-corrected chi connectivity index (χ1v) is 9.79. The van der Waals surface area contributed by atoms with Crippen LogP contribution in [0.2, 0.25) is 0 Å². The molecular weight excluding hydrogens is 368 g/mol. The number of aromatic nitrogens is 3. The van der Waals surface area contributed by atoms with Gasteiger partial charge in [-0.15, -0.1) is 0 Å². The molecule has 0 aromatic carbocycles. The maximum Gasteiger partial charge on any atom is 0.267 e. The second-order valence-corrected chi connectivity index (χ2v) is 7.27. The van der Waals surface area contributed by atoms with Crippen LogP contribution in [0.4, 0.5) is 5.69 Å². The first-order chi connectivity index (χ1) is 14.0. The minimum absolute atomic E-state index is 0.0596. The van der Waals surface area contributed by atoms with E-state index in [9.17, 15) is 9.59 Å². The third kappa shape index (κ3) is 3.97. The lowest BCUT2D eigenvalue weighted by atomic mass is 10.0. The molecule has 1 atom stereocenters. The van der Waals surface area contributed by atoms with Crippen LogP contribution >= 0.6 is 0 Å². The van der Waals surface area contributed by atoms with E-state index in [0.717, 1.165) is 53.9 Å². The van der Waals surface area contributed by atoms with E-state index in [2.05, 4.69) is 25.2 Å². The number of aromatic amines is 1. The first kappa shape index (κ1) is 19.1. The molecule has 8 heteroatoms. The number of hydrogen-bond acceptors (Lipinski definition) is 6. The number of piperazine rings is 1. The van der Waals surface area contributed by atoms with Crippen LogP contribution in [0.3, 0.4) is 0 Å². The fraction of sp³-hybridized carbons (Fsp3) is 0.333. The molecule has 0 bridgehead atoms. The Kier molecular flexibility index (Phi) is 5.26. The number of carbonyl (C=O) groups is 1. The third-order valence-electron chi connectivity index (χ3n) is 5.36. The Hall–Kier alpha value is -3.26. The number of H-pyrrole nitrogens is 1. The summed E-state index contributed by atoms with van der Waals surface area (Å²) in [6.45, 7) is 4.42. The van der Waals surface area contributed by atoms with E-state index in [4.69, 9.17) is 5.73 Å². The smallest absolute Gasteiger partial charge is 0.267 e. The molecule has 3 aromatic rings. The quantitative estimate of drug-likeness (QED) is 0.596. The highest BCUT2D eigenvalue weighted by Crippen LogP contribution is 2.22. The second-order valence-electron chi connectivity index (χ2n) is 7.27. The van der Waals surface area contributed by atoms with Crippen molar-refractivity contribution in [2.75, 3.05) is 24.5 Å². The first-order valence-electron chi connectivity index (χ1n) is 9.79. The van der Waals surface area contributed by atoms with Gasteiger partial charge in [0.25, 0.3) is 11.5 Å². The lowest BCUT2D eigenvalue weighted by Crippen LogP contribution is -2.52. The minimum atomic E-state index is -0.535. The van der Waals surface area contributed by atoms with Crippen molar-refractivity contribution in [3.8, 4) is 0 Å². The van der Waals surface area contributed by atoms with E-state index in [0.29, 0.717) is 6.42 Å². The summed E-state index contributed by atoms with van der Waals surface area (Å²) in [6.07, 6.45) is 4.91. The largest absolute Gasteiger partial charge is 0.366 e. The molecule has 0 radical (unpaired) electrons. The average molecular weight is 392 g/mol. The van der Waals surface area contributed by atoms with Crippen LogP contribution in [0.25, 0.3) is 11.0 Å². The predicted octanol–water partition coefficient (Wildman–Crippen LogP) is 1.00. The van der Waals surface area contributed by atoms with Crippen LogP contribution in [-0.2, 0) is 12.8 Å². The molecule has 0 spiro atoms. The zero-order chi connectivity index (χ0) is 20.4. The molecule has 4 N–H and O–H groups in total. The number of hydrogen-bond donors (Lipinski definition) is 3. The fourth-order valence-corrected chi connectivity index (χ4v) is 3.83. The van der Waals surface area contributed by atoms with Crippen LogP contribution in [0, 0.1) is 0 Å². The zero-order valence-corrected chi connectivity index (χ0v) is 16.3. The highest BCUT2D eigenvalue weighted by atomic mass is 16.1. The Morgan fingerprint density at radius 2 is 2.17 bits per heavy atom. The van der Waals surface area contributed by atoms with Gasteiger partial charge in [0.15, 0.2) is 0 Å². The molecule has 1 fully saturated rings. The van der Waals surface area contributed by atoms with Crippen LogP contribution in [0.15, 0.2) is 41.5 Å². The number of primary amides is 1. The number of carbonyl (C=O) groups excluding carboxylic acids is 1. The number of pyridine rings is 3. The van der Waals surface area contributed by atoms with Crippen molar-refractivity contribution in [1.29, 1.82) is 0 Å². The summed E-state index contributed by atoms with van der Waals surface area (Å²) in [4.78, 5) is 37.4. The predicted molar refractivity (Wildman–Crippen MR) is 112 cm³/mol. The van der Waals surface area contributed by atoms with Crippen molar-refractivity contribution < 1.29 is 4.79 Å². The molecule has 1 unspecified atom stereocenters.